The van der Waals surface area contributed by atoms with E-state index >= 15 is 0 Å². The van der Waals surface area contributed by atoms with Crippen molar-refractivity contribution in [3.05, 3.63) is 163 Å². The number of rotatable bonds is 5. The molecule has 0 saturated heterocycles. The lowest BCUT2D eigenvalue weighted by atomic mass is 9.86. The fraction of sp³-hybridized carbons (Fsp3) is 0.232. The van der Waals surface area contributed by atoms with Crippen LogP contribution < -0.4 is 40.2 Å². The van der Waals surface area contributed by atoms with E-state index in [0.29, 0.717) is 6.67 Å². The third-order valence-corrected chi connectivity index (χ3v) is 21.2. The van der Waals surface area contributed by atoms with Crippen molar-refractivity contribution >= 4 is 87.1 Å². The van der Waals surface area contributed by atoms with Crippen molar-refractivity contribution < 1.29 is 4.74 Å². The van der Waals surface area contributed by atoms with E-state index in [1.54, 1.807) is 0 Å². The lowest BCUT2D eigenvalue weighted by molar-refractivity contribution is 0.483. The molecule has 5 heterocycles. The summed E-state index contributed by atoms with van der Waals surface area (Å²) in [5, 5.41) is 8.45. The number of nitrogens with zero attached hydrogens (tertiary/aromatic N) is 5. The van der Waals surface area contributed by atoms with E-state index < -0.39 is 16.1 Å². The first-order chi connectivity index (χ1) is 30.5. The van der Waals surface area contributed by atoms with Crippen molar-refractivity contribution in [2.24, 2.45) is 0 Å². The van der Waals surface area contributed by atoms with E-state index in [0.717, 1.165) is 34.0 Å². The molecule has 0 radical (unpaired) electrons. The Kier molecular flexibility index (Phi) is 8.89. The summed E-state index contributed by atoms with van der Waals surface area (Å²) >= 11 is 0. The van der Waals surface area contributed by atoms with Gasteiger partial charge in [-0.05, 0) is 116 Å². The molecule has 3 aliphatic heterocycles. The summed E-state index contributed by atoms with van der Waals surface area (Å²) in [6, 6.07) is 49.6. The highest BCUT2D eigenvalue weighted by molar-refractivity contribution is 7.07. The molecule has 0 spiro atoms. The molecule has 0 atom stereocenters. The Morgan fingerprint density at radius 2 is 1.12 bits per heavy atom. The van der Waals surface area contributed by atoms with Crippen LogP contribution in [-0.4, -0.2) is 32.4 Å². The molecule has 0 saturated carbocycles. The summed E-state index contributed by atoms with van der Waals surface area (Å²) in [5.74, 6) is 2.49. The summed E-state index contributed by atoms with van der Waals surface area (Å²) in [4.78, 5) is 12.3. The van der Waals surface area contributed by atoms with Gasteiger partial charge >= 0.3 is 0 Å². The summed E-state index contributed by atoms with van der Waals surface area (Å²) in [6.07, 6.45) is 6.40. The molecule has 8 aromatic rings. The molecule has 0 fully saturated rings. The minimum absolute atomic E-state index is 0.00802. The lowest BCUT2D eigenvalue weighted by Crippen LogP contribution is -2.66. The van der Waals surface area contributed by atoms with Crippen molar-refractivity contribution in [2.45, 2.75) is 78.6 Å². The molecule has 6 nitrogen and oxygen atoms in total. The third-order valence-electron chi connectivity index (χ3n) is 14.2. The first-order valence-corrected chi connectivity index (χ1v) is 28.7. The normalized spacial score (nSPS) is 16.0. The molecule has 64 heavy (non-hydrogen) atoms. The number of benzene rings is 6. The number of hydrogen-bond acceptors (Lipinski definition) is 5. The van der Waals surface area contributed by atoms with Crippen molar-refractivity contribution in [1.82, 2.24) is 9.55 Å². The molecule has 0 bridgehead atoms. The topological polar surface area (TPSA) is 36.8 Å². The van der Waals surface area contributed by atoms with Crippen LogP contribution in [-0.2, 0) is 10.8 Å². The minimum Gasteiger partial charge on any atom is -0.457 e. The Bertz CT molecular complexity index is 3160. The largest absolute Gasteiger partial charge is 0.457 e. The molecule has 6 aromatic carbocycles. The number of anilines is 5. The summed E-state index contributed by atoms with van der Waals surface area (Å²) in [5.41, 5.74) is 11.3. The minimum atomic E-state index is -2.06. The maximum absolute atomic E-state index is 6.76. The molecule has 2 aromatic heterocycles. The molecule has 320 valence electrons. The molecule has 3 aliphatic rings. The maximum Gasteiger partial charge on any atom is 0.137 e. The maximum atomic E-state index is 6.76. The van der Waals surface area contributed by atoms with Gasteiger partial charge in [-0.2, -0.15) is 0 Å². The third kappa shape index (κ3) is 6.28. The van der Waals surface area contributed by atoms with Crippen LogP contribution in [0.1, 0.15) is 52.7 Å². The zero-order chi connectivity index (χ0) is 44.5. The van der Waals surface area contributed by atoms with E-state index in [2.05, 4.69) is 233 Å². The molecule has 11 rings (SSSR count). The highest BCUT2D eigenvalue weighted by Gasteiger charge is 2.47. The standard InChI is InChI=1S/C56H57N5OSi2/c1-55(2,3)37-22-25-45-44(30-37)43-24-23-42(35-48(43)60(45)53-31-38(26-27-57-53)56(4,5)6)62-41-17-15-16-39(32-41)58-28-29-59(36-58)40-33-51-54-52(34-40)64(9,10)50-21-14-12-19-47(50)61(54)46-18-11-13-20-49(46)63(51,7)8/h11-35H,36H2,1-10H3. The molecular weight excluding hydrogens is 815 g/mol. The van der Waals surface area contributed by atoms with E-state index in [1.165, 1.54) is 65.4 Å². The summed E-state index contributed by atoms with van der Waals surface area (Å²) in [7, 11) is -4.11. The monoisotopic (exact) mass is 871 g/mol. The number of ether oxygens (including phenoxy) is 1. The predicted molar refractivity (Wildman–Crippen MR) is 276 cm³/mol. The molecule has 8 heteroatoms. The Labute approximate surface area is 380 Å². The SMILES string of the molecule is CC(C)(C)c1ccnc(-n2c3ccc(C(C)(C)C)cc3c3ccc(Oc4cccc(N5C=CN(c6cc7c8c(c6)[Si](C)(C)c6ccccc6N8c6ccccc6[Si]7(C)C)C5)c4)cc32)c1. The highest BCUT2D eigenvalue weighted by Crippen LogP contribution is 2.43. The zero-order valence-electron chi connectivity index (χ0n) is 38.8. The van der Waals surface area contributed by atoms with Crippen molar-refractivity contribution in [2.75, 3.05) is 21.4 Å². The molecule has 0 N–H and O–H groups in total. The van der Waals surface area contributed by atoms with Crippen LogP contribution in [0.25, 0.3) is 27.6 Å². The van der Waals surface area contributed by atoms with Crippen LogP contribution in [0.2, 0.25) is 26.2 Å². The van der Waals surface area contributed by atoms with Crippen molar-refractivity contribution in [3.63, 3.8) is 0 Å². The molecule has 0 unspecified atom stereocenters. The number of para-hydroxylation sites is 2. The summed E-state index contributed by atoms with van der Waals surface area (Å²) in [6.45, 7) is 24.5. The second-order valence-electron chi connectivity index (χ2n) is 21.1. The van der Waals surface area contributed by atoms with Gasteiger partial charge in [0.15, 0.2) is 0 Å². The van der Waals surface area contributed by atoms with Crippen LogP contribution in [0.5, 0.6) is 11.5 Å². The van der Waals surface area contributed by atoms with Gasteiger partial charge in [-0.25, -0.2) is 4.98 Å². The van der Waals surface area contributed by atoms with Crippen LogP contribution in [0, 0.1) is 0 Å². The average molecular weight is 872 g/mol. The van der Waals surface area contributed by atoms with Crippen LogP contribution in [0.15, 0.2) is 152 Å². The fourth-order valence-corrected chi connectivity index (χ4v) is 16.5. The van der Waals surface area contributed by atoms with E-state index in [9.17, 15) is 0 Å². The zero-order valence-corrected chi connectivity index (χ0v) is 40.8. The second-order valence-corrected chi connectivity index (χ2v) is 29.8. The van der Waals surface area contributed by atoms with Crippen molar-refractivity contribution in [3.8, 4) is 17.3 Å². The van der Waals surface area contributed by atoms with Gasteiger partial charge < -0.3 is 19.4 Å². The molecule has 0 amide bonds. The molecule has 0 aliphatic carbocycles. The average Bonchev–Trinajstić information content (AvgIpc) is 3.89. The quantitative estimate of drug-likeness (QED) is 0.161. The Hall–Kier alpha value is -6.36. The van der Waals surface area contributed by atoms with E-state index in [4.69, 9.17) is 9.72 Å². The van der Waals surface area contributed by atoms with Crippen molar-refractivity contribution in [1.29, 1.82) is 0 Å². The number of fused-ring (bicyclic) bond motifs is 7. The Balaban J connectivity index is 0.926. The van der Waals surface area contributed by atoms with Gasteiger partial charge in [-0.1, -0.05) is 116 Å². The fourth-order valence-electron chi connectivity index (χ4n) is 10.4. The van der Waals surface area contributed by atoms with Gasteiger partial charge in [0.1, 0.15) is 33.5 Å². The van der Waals surface area contributed by atoms with Gasteiger partial charge in [0, 0.05) is 69.9 Å². The van der Waals surface area contributed by atoms with E-state index in [-0.39, 0.29) is 10.8 Å². The van der Waals surface area contributed by atoms with Crippen LogP contribution >= 0.6 is 0 Å². The van der Waals surface area contributed by atoms with Gasteiger partial charge in [0.05, 0.1) is 17.7 Å². The smallest absolute Gasteiger partial charge is 0.137 e. The van der Waals surface area contributed by atoms with E-state index in [1.807, 2.05) is 6.20 Å². The van der Waals surface area contributed by atoms with Gasteiger partial charge in [0.2, 0.25) is 0 Å². The number of pyridine rings is 1. The summed E-state index contributed by atoms with van der Waals surface area (Å²) < 4.78 is 9.06. The number of hydrogen-bond donors (Lipinski definition) is 0. The highest BCUT2D eigenvalue weighted by atomic mass is 28.3. The number of aromatic nitrogens is 2. The van der Waals surface area contributed by atoms with Crippen LogP contribution in [0.3, 0.4) is 0 Å². The Morgan fingerprint density at radius 3 is 1.78 bits per heavy atom. The lowest BCUT2D eigenvalue weighted by Gasteiger charge is -2.49. The first kappa shape index (κ1) is 40.4. The second kappa shape index (κ2) is 14.1. The van der Waals surface area contributed by atoms with Gasteiger partial charge in [-0.3, -0.25) is 4.57 Å². The molecular formula is C56H57N5OSi2. The Morgan fingerprint density at radius 1 is 0.516 bits per heavy atom. The predicted octanol–water partition coefficient (Wildman–Crippen LogP) is 12.1. The van der Waals surface area contributed by atoms with Gasteiger partial charge in [-0.15, -0.1) is 0 Å². The van der Waals surface area contributed by atoms with Gasteiger partial charge in [0.25, 0.3) is 0 Å². The first-order valence-electron chi connectivity index (χ1n) is 22.7. The van der Waals surface area contributed by atoms with Crippen LogP contribution in [0.4, 0.5) is 28.4 Å².